The quantitative estimate of drug-likeness (QED) is 0.659. The number of benzene rings is 2. The molecule has 1 heterocycles. The van der Waals surface area contributed by atoms with E-state index in [-0.39, 0.29) is 5.75 Å². The van der Waals surface area contributed by atoms with Crippen molar-refractivity contribution in [3.8, 4) is 11.3 Å². The number of oxazole rings is 1. The Morgan fingerprint density at radius 3 is 2.58 bits per heavy atom. The van der Waals surface area contributed by atoms with E-state index in [0.717, 1.165) is 11.3 Å². The van der Waals surface area contributed by atoms with Crippen molar-refractivity contribution in [2.45, 2.75) is 25.3 Å². The highest BCUT2D eigenvalue weighted by Gasteiger charge is 2.13. The van der Waals surface area contributed by atoms with E-state index in [1.807, 2.05) is 25.1 Å². The zero-order valence-electron chi connectivity index (χ0n) is 14.5. The maximum atomic E-state index is 12.0. The third-order valence-corrected chi connectivity index (χ3v) is 5.95. The van der Waals surface area contributed by atoms with E-state index >= 15 is 0 Å². The van der Waals surface area contributed by atoms with Gasteiger partial charge in [-0.05, 0) is 49.4 Å². The van der Waals surface area contributed by atoms with Crippen molar-refractivity contribution in [1.29, 1.82) is 0 Å². The van der Waals surface area contributed by atoms with Crippen LogP contribution in [0, 0.1) is 6.92 Å². The summed E-state index contributed by atoms with van der Waals surface area (Å²) in [6.45, 7) is 3.86. The molecule has 0 amide bonds. The predicted molar refractivity (Wildman–Crippen MR) is 103 cm³/mol. The molecule has 0 saturated heterocycles. The third-order valence-electron chi connectivity index (χ3n) is 3.96. The van der Waals surface area contributed by atoms with Crippen LogP contribution in [0.4, 0.5) is 5.69 Å². The molecule has 136 valence electrons. The van der Waals surface area contributed by atoms with Crippen LogP contribution in [-0.4, -0.2) is 19.2 Å². The Labute approximate surface area is 157 Å². The second-order valence-electron chi connectivity index (χ2n) is 5.81. The van der Waals surface area contributed by atoms with Gasteiger partial charge < -0.3 is 9.73 Å². The van der Waals surface area contributed by atoms with Crippen molar-refractivity contribution in [3.05, 3.63) is 65.1 Å². The van der Waals surface area contributed by atoms with Gasteiger partial charge in [0, 0.05) is 16.3 Å². The summed E-state index contributed by atoms with van der Waals surface area (Å²) >= 11 is 5.92. The zero-order valence-corrected chi connectivity index (χ0v) is 16.1. The highest BCUT2D eigenvalue weighted by atomic mass is 35.5. The summed E-state index contributed by atoms with van der Waals surface area (Å²) in [6, 6.07) is 14.1. The third kappa shape index (κ3) is 4.08. The summed E-state index contributed by atoms with van der Waals surface area (Å²) in [5, 5.41) is 3.82. The van der Waals surface area contributed by atoms with Crippen LogP contribution < -0.4 is 5.32 Å². The van der Waals surface area contributed by atoms with Gasteiger partial charge in [0.2, 0.25) is 5.89 Å². The SMILES string of the molecule is CCS(=O)(=O)c1cccc(NCc2nc(C)c(-c3ccc(Cl)cc3)o2)c1. The zero-order chi connectivity index (χ0) is 18.7. The van der Waals surface area contributed by atoms with Crippen molar-refractivity contribution in [1.82, 2.24) is 4.98 Å². The molecule has 0 atom stereocenters. The molecule has 0 spiro atoms. The highest BCUT2D eigenvalue weighted by molar-refractivity contribution is 7.91. The molecule has 1 N–H and O–H groups in total. The number of hydrogen-bond acceptors (Lipinski definition) is 5. The molecule has 0 unspecified atom stereocenters. The number of sulfone groups is 1. The van der Waals surface area contributed by atoms with Crippen LogP contribution >= 0.6 is 11.6 Å². The number of nitrogens with one attached hydrogen (secondary N) is 1. The van der Waals surface area contributed by atoms with Gasteiger partial charge in [-0.3, -0.25) is 0 Å². The monoisotopic (exact) mass is 390 g/mol. The van der Waals surface area contributed by atoms with Gasteiger partial charge in [-0.25, -0.2) is 13.4 Å². The Hall–Kier alpha value is -2.31. The second kappa shape index (κ2) is 7.51. The van der Waals surface area contributed by atoms with Crippen LogP contribution in [0.2, 0.25) is 5.02 Å². The first-order chi connectivity index (χ1) is 12.4. The van der Waals surface area contributed by atoms with E-state index in [1.54, 1.807) is 37.3 Å². The van der Waals surface area contributed by atoms with E-state index in [1.165, 1.54) is 0 Å². The molecule has 0 radical (unpaired) electrons. The van der Waals surface area contributed by atoms with Gasteiger partial charge in [-0.15, -0.1) is 0 Å². The molecule has 0 aliphatic rings. The summed E-state index contributed by atoms with van der Waals surface area (Å²) in [4.78, 5) is 4.73. The molecule has 26 heavy (non-hydrogen) atoms. The molecule has 7 heteroatoms. The molecule has 0 bridgehead atoms. The Kier molecular flexibility index (Phi) is 5.34. The first-order valence-electron chi connectivity index (χ1n) is 8.18. The lowest BCUT2D eigenvalue weighted by molar-refractivity contribution is 0.516. The van der Waals surface area contributed by atoms with E-state index in [4.69, 9.17) is 16.0 Å². The van der Waals surface area contributed by atoms with Crippen molar-refractivity contribution < 1.29 is 12.8 Å². The molecule has 0 fully saturated rings. The number of hydrogen-bond donors (Lipinski definition) is 1. The number of halogens is 1. The topological polar surface area (TPSA) is 72.2 Å². The summed E-state index contributed by atoms with van der Waals surface area (Å²) in [6.07, 6.45) is 0. The fraction of sp³-hybridized carbons (Fsp3) is 0.211. The maximum Gasteiger partial charge on any atom is 0.214 e. The second-order valence-corrected chi connectivity index (χ2v) is 8.53. The van der Waals surface area contributed by atoms with Crippen molar-refractivity contribution in [2.24, 2.45) is 0 Å². The molecule has 2 aromatic carbocycles. The number of rotatable bonds is 6. The number of anilines is 1. The van der Waals surface area contributed by atoms with Crippen LogP contribution in [0.1, 0.15) is 18.5 Å². The van der Waals surface area contributed by atoms with Gasteiger partial charge >= 0.3 is 0 Å². The number of aryl methyl sites for hydroxylation is 1. The van der Waals surface area contributed by atoms with E-state index in [2.05, 4.69) is 10.3 Å². The Morgan fingerprint density at radius 2 is 1.88 bits per heavy atom. The van der Waals surface area contributed by atoms with Crippen LogP contribution in [0.15, 0.2) is 57.8 Å². The average Bonchev–Trinajstić information content (AvgIpc) is 3.01. The van der Waals surface area contributed by atoms with Crippen LogP contribution in [-0.2, 0) is 16.4 Å². The number of aromatic nitrogens is 1. The van der Waals surface area contributed by atoms with Crippen molar-refractivity contribution in [2.75, 3.05) is 11.1 Å². The normalized spacial score (nSPS) is 11.5. The summed E-state index contributed by atoms with van der Waals surface area (Å²) in [5.74, 6) is 1.29. The minimum Gasteiger partial charge on any atom is -0.438 e. The molecule has 1 aromatic heterocycles. The lowest BCUT2D eigenvalue weighted by Gasteiger charge is -2.06. The molecular weight excluding hydrogens is 372 g/mol. The highest BCUT2D eigenvalue weighted by Crippen LogP contribution is 2.26. The molecule has 0 saturated carbocycles. The van der Waals surface area contributed by atoms with E-state index in [0.29, 0.717) is 33.8 Å². The van der Waals surface area contributed by atoms with Crippen molar-refractivity contribution >= 4 is 27.1 Å². The van der Waals surface area contributed by atoms with E-state index in [9.17, 15) is 8.42 Å². The standard InChI is InChI=1S/C19H19ClN2O3S/c1-3-26(23,24)17-6-4-5-16(11-17)21-12-18-22-13(2)19(25-18)14-7-9-15(20)10-8-14/h4-11,21H,3,12H2,1-2H3. The van der Waals surface area contributed by atoms with Gasteiger partial charge in [-0.2, -0.15) is 0 Å². The molecule has 5 nitrogen and oxygen atoms in total. The van der Waals surface area contributed by atoms with Gasteiger partial charge in [-0.1, -0.05) is 24.6 Å². The lowest BCUT2D eigenvalue weighted by Crippen LogP contribution is -2.05. The predicted octanol–water partition coefficient (Wildman–Crippen LogP) is 4.71. The Morgan fingerprint density at radius 1 is 1.15 bits per heavy atom. The summed E-state index contributed by atoms with van der Waals surface area (Å²) in [7, 11) is -3.24. The van der Waals surface area contributed by atoms with Gasteiger partial charge in [0.25, 0.3) is 0 Å². The first-order valence-corrected chi connectivity index (χ1v) is 10.2. The van der Waals surface area contributed by atoms with Crippen LogP contribution in [0.3, 0.4) is 0 Å². The molecule has 3 rings (SSSR count). The van der Waals surface area contributed by atoms with Crippen molar-refractivity contribution in [3.63, 3.8) is 0 Å². The molecule has 0 aliphatic carbocycles. The summed E-state index contributed by atoms with van der Waals surface area (Å²) < 4.78 is 29.8. The fourth-order valence-corrected chi connectivity index (χ4v) is 3.59. The van der Waals surface area contributed by atoms with Gasteiger partial charge in [0.15, 0.2) is 15.6 Å². The smallest absolute Gasteiger partial charge is 0.214 e. The van der Waals surface area contributed by atoms with Crippen LogP contribution in [0.5, 0.6) is 0 Å². The van der Waals surface area contributed by atoms with Gasteiger partial charge in [0.1, 0.15) is 0 Å². The maximum absolute atomic E-state index is 12.0. The fourth-order valence-electron chi connectivity index (χ4n) is 2.54. The first kappa shape index (κ1) is 18.5. The molecule has 3 aromatic rings. The Bertz CT molecular complexity index is 1010. The summed E-state index contributed by atoms with van der Waals surface area (Å²) in [5.41, 5.74) is 2.39. The molecular formula is C19H19ClN2O3S. The Balaban J connectivity index is 1.76. The molecule has 0 aliphatic heterocycles. The average molecular weight is 391 g/mol. The minimum absolute atomic E-state index is 0.0693. The van der Waals surface area contributed by atoms with Crippen LogP contribution in [0.25, 0.3) is 11.3 Å². The van der Waals surface area contributed by atoms with Gasteiger partial charge in [0.05, 0.1) is 22.9 Å². The van der Waals surface area contributed by atoms with E-state index < -0.39 is 9.84 Å². The minimum atomic E-state index is -3.24. The largest absolute Gasteiger partial charge is 0.438 e. The number of nitrogens with zero attached hydrogens (tertiary/aromatic N) is 1. The lowest BCUT2D eigenvalue weighted by atomic mass is 10.1.